The molecule has 30 heteroatoms. The fourth-order valence-corrected chi connectivity index (χ4v) is 17.1. The zero-order valence-electron chi connectivity index (χ0n) is 54.5. The molecule has 30 nitrogen and oxygen atoms in total. The van der Waals surface area contributed by atoms with E-state index >= 15 is 0 Å². The van der Waals surface area contributed by atoms with E-state index in [1.807, 2.05) is 27.7 Å². The fraction of sp³-hybridized carbons (Fsp3) is 0.889. The van der Waals surface area contributed by atoms with Crippen molar-refractivity contribution < 1.29 is 138 Å². The van der Waals surface area contributed by atoms with Crippen LogP contribution in [0.15, 0.2) is 22.8 Å². The van der Waals surface area contributed by atoms with E-state index in [-0.39, 0.29) is 35.1 Å². The normalized spacial score (nSPS) is 47.7. The lowest BCUT2D eigenvalue weighted by Gasteiger charge is -2.65. The molecule has 0 radical (unpaired) electrons. The Balaban J connectivity index is 1.00. The number of amides is 2. The maximum Gasteiger partial charge on any atom is 0.217 e. The van der Waals surface area contributed by atoms with Crippen molar-refractivity contribution in [2.75, 3.05) is 40.1 Å². The molecule has 0 spiro atoms. The highest BCUT2D eigenvalue weighted by Gasteiger charge is 2.68. The Morgan fingerprint density at radius 2 is 1.14 bits per heavy atom. The lowest BCUT2D eigenvalue weighted by atomic mass is 9.42. The van der Waals surface area contributed by atoms with Gasteiger partial charge in [0.25, 0.3) is 0 Å². The van der Waals surface area contributed by atoms with Gasteiger partial charge in [0, 0.05) is 32.8 Å². The maximum absolute atomic E-state index is 13.6. The van der Waals surface area contributed by atoms with Crippen molar-refractivity contribution in [2.45, 2.75) is 279 Å². The molecule has 93 heavy (non-hydrogen) atoms. The summed E-state index contributed by atoms with van der Waals surface area (Å²) in [6.45, 7) is 12.8. The maximum atomic E-state index is 13.6. The van der Waals surface area contributed by atoms with Gasteiger partial charge in [0.2, 0.25) is 11.8 Å². The van der Waals surface area contributed by atoms with Crippen molar-refractivity contribution >= 4 is 17.6 Å². The molecule has 16 N–H and O–H groups in total. The fourth-order valence-electron chi connectivity index (χ4n) is 17.1. The number of allylic oxidation sites excluding steroid dienone is 2. The van der Waals surface area contributed by atoms with E-state index in [9.17, 15) is 85.9 Å². The molecule has 8 fully saturated rings. The molecule has 0 aromatic carbocycles. The van der Waals surface area contributed by atoms with Crippen molar-refractivity contribution in [2.24, 2.45) is 34.0 Å². The van der Waals surface area contributed by atoms with E-state index in [1.165, 1.54) is 0 Å². The summed E-state index contributed by atoms with van der Waals surface area (Å²) in [7, 11) is 1.70. The van der Waals surface area contributed by atoms with Gasteiger partial charge < -0.3 is 134 Å². The third-order valence-electron chi connectivity index (χ3n) is 22.1. The Labute approximate surface area is 540 Å². The van der Waals surface area contributed by atoms with Crippen molar-refractivity contribution in [3.63, 3.8) is 0 Å². The van der Waals surface area contributed by atoms with Crippen LogP contribution in [0.25, 0.3) is 0 Å². The summed E-state index contributed by atoms with van der Waals surface area (Å²) < 4.78 is 68.0. The van der Waals surface area contributed by atoms with E-state index in [2.05, 4.69) is 31.4 Å². The Kier molecular flexibility index (Phi) is 23.6. The van der Waals surface area contributed by atoms with Crippen LogP contribution >= 0.6 is 0 Å². The molecule has 2 amide bonds. The molecule has 0 aromatic rings. The summed E-state index contributed by atoms with van der Waals surface area (Å²) in [5, 5.41) is 161. The molecule has 0 aromatic heterocycles. The van der Waals surface area contributed by atoms with Crippen LogP contribution in [-0.2, 0) is 66.5 Å². The van der Waals surface area contributed by atoms with Crippen LogP contribution in [-0.4, -0.2) is 294 Å². The molecule has 5 saturated heterocycles. The third kappa shape index (κ3) is 14.2. The molecule has 5 aliphatic heterocycles. The number of fused-ring (bicyclic) bond motifs is 4. The standard InChI is InChI=1S/C63H102N2O28/c1-25(2)17-29(71)18-26(3)31-19-32(83-10)40-30-11-12-38-60(6,7)39(13-14-62(38,9)63(30,82)16-15-61(31,40)8)91-59-53(47(76)37(24-85-59)90-55-41(64-27(4)69)48(77)43(72)33(20-66)86-55)92-56-42(65-28(5)70)49(78)46(75)36(89-56)23-84-58-54(51(80)45(74)35(22-68)88-58)93-57-52(81)50(79)44(73)34(21-67)87-57/h17,26,31-39,41-59,66-68,72-82H,11-16,18-24H2,1-10H3,(H,64,69)(H,65,70)/t26-,31-,32-,33-,34-,35-,36-,37-,38?,39+,41-,42-,43+,44-,45-,46-,47+,48-,49-,50+,51+,52-,53-,54-,55+,56+,57+,58-,59+,61-,62+,63-/m1/s1. The first kappa shape index (κ1) is 74.3. The summed E-state index contributed by atoms with van der Waals surface area (Å²) in [6, 6.07) is -3.13. The van der Waals surface area contributed by atoms with E-state index in [1.54, 1.807) is 13.2 Å². The number of aliphatic hydroxyl groups is 14. The van der Waals surface area contributed by atoms with Crippen LogP contribution in [0.5, 0.6) is 0 Å². The summed E-state index contributed by atoms with van der Waals surface area (Å²) in [4.78, 5) is 38.6. The average molecular weight is 1340 g/mol. The van der Waals surface area contributed by atoms with Crippen molar-refractivity contribution in [3.8, 4) is 0 Å². The number of carbonyl (C=O) groups is 3. The molecule has 3 saturated carbocycles. The molecular weight excluding hydrogens is 1230 g/mol. The first-order valence-electron chi connectivity index (χ1n) is 32.5. The zero-order chi connectivity index (χ0) is 68.3. The van der Waals surface area contributed by atoms with Gasteiger partial charge in [0.05, 0.1) is 50.8 Å². The summed E-state index contributed by atoms with van der Waals surface area (Å²) >= 11 is 0. The average Bonchev–Trinajstić information content (AvgIpc) is 1.67. The van der Waals surface area contributed by atoms with Crippen LogP contribution in [0.1, 0.15) is 114 Å². The molecular formula is C63H102N2O28. The highest BCUT2D eigenvalue weighted by atomic mass is 16.8. The number of ether oxygens (including phenoxy) is 11. The van der Waals surface area contributed by atoms with Crippen LogP contribution in [0.4, 0.5) is 0 Å². The van der Waals surface area contributed by atoms with Crippen LogP contribution in [0, 0.1) is 34.0 Å². The Morgan fingerprint density at radius 3 is 1.72 bits per heavy atom. The Morgan fingerprint density at radius 1 is 0.613 bits per heavy atom. The highest BCUT2D eigenvalue weighted by molar-refractivity contribution is 5.90. The van der Waals surface area contributed by atoms with Gasteiger partial charge in [-0.3, -0.25) is 14.4 Å². The van der Waals surface area contributed by atoms with Crippen LogP contribution in [0.2, 0.25) is 0 Å². The van der Waals surface area contributed by atoms with Crippen LogP contribution < -0.4 is 10.6 Å². The second kappa shape index (κ2) is 29.5. The second-order valence-electron chi connectivity index (χ2n) is 28.6. The number of ketones is 1. The Bertz CT molecular complexity index is 2650. The molecule has 32 atom stereocenters. The van der Waals surface area contributed by atoms with E-state index < -0.39 is 215 Å². The number of carbonyl (C=O) groups excluding carboxylic acids is 3. The van der Waals surface area contributed by atoms with Gasteiger partial charge in [-0.25, -0.2) is 0 Å². The minimum atomic E-state index is -2.00. The Hall–Kier alpha value is -2.91. The van der Waals surface area contributed by atoms with Gasteiger partial charge in [-0.05, 0) is 105 Å². The van der Waals surface area contributed by atoms with E-state index in [4.69, 9.17) is 52.1 Å². The van der Waals surface area contributed by atoms with Gasteiger partial charge in [-0.1, -0.05) is 40.2 Å². The predicted molar refractivity (Wildman–Crippen MR) is 317 cm³/mol. The number of aliphatic hydroxyl groups excluding tert-OH is 13. The summed E-state index contributed by atoms with van der Waals surface area (Å²) in [5.41, 5.74) is -0.0157. The first-order valence-corrected chi connectivity index (χ1v) is 32.5. The topological polar surface area (TPSA) is 460 Å². The monoisotopic (exact) mass is 1330 g/mol. The van der Waals surface area contributed by atoms with Crippen molar-refractivity contribution in [1.82, 2.24) is 10.6 Å². The SMILES string of the molecule is CO[C@@H]1C[C@H]([C@H](C)CC(=O)C=C(C)C)[C@@]2(C)CC[C@@]3(O)C(=C12)CCC1C(C)(C)[C@@H](O[C@@H]2OC[C@@H](O[C@@H]4O[C@H](CO)[C@H](O)[C@H](O)[C@H]4NC(C)=O)[C@H](O)[C@H]2O[C@@H]2O[C@H](CO[C@@H]4O[C@H](CO)[C@@H](O)[C@H](O)[C@H]4O[C@@H]4O[C@H](CO)[C@@H](O)[C@H](O)[C@H]4O)[C@@H](O)[C@H](O)[C@H]2NC(C)=O)CC[C@@]13C. The lowest BCUT2D eigenvalue weighted by Crippen LogP contribution is -2.69. The number of nitrogens with one attached hydrogen (secondary N) is 2. The number of methoxy groups -OCH3 is 1. The molecule has 0 bridgehead atoms. The molecule has 4 aliphatic carbocycles. The molecule has 9 rings (SSSR count). The summed E-state index contributed by atoms with van der Waals surface area (Å²) in [6.07, 6.45) is -34.1. The lowest BCUT2D eigenvalue weighted by molar-refractivity contribution is -0.380. The largest absolute Gasteiger partial charge is 0.394 e. The first-order chi connectivity index (χ1) is 43.7. The minimum absolute atomic E-state index is 0.0467. The third-order valence-corrected chi connectivity index (χ3v) is 22.1. The second-order valence-corrected chi connectivity index (χ2v) is 28.6. The van der Waals surface area contributed by atoms with Gasteiger partial charge >= 0.3 is 0 Å². The van der Waals surface area contributed by atoms with Gasteiger partial charge in [-0.15, -0.1) is 0 Å². The molecule has 1 unspecified atom stereocenters. The molecule has 532 valence electrons. The predicted octanol–water partition coefficient (Wildman–Crippen LogP) is -3.94. The van der Waals surface area contributed by atoms with E-state index in [0.29, 0.717) is 51.4 Å². The van der Waals surface area contributed by atoms with Gasteiger partial charge in [0.1, 0.15) is 116 Å². The quantitative estimate of drug-likeness (QED) is 0.0296. The molecule has 9 aliphatic rings. The highest BCUT2D eigenvalue weighted by Crippen LogP contribution is 2.70. The summed E-state index contributed by atoms with van der Waals surface area (Å²) in [5.74, 6) is -1.36. The van der Waals surface area contributed by atoms with Crippen LogP contribution in [0.3, 0.4) is 0 Å². The van der Waals surface area contributed by atoms with Gasteiger partial charge in [-0.2, -0.15) is 0 Å². The number of hydrogen-bond donors (Lipinski definition) is 16. The number of hydrogen-bond acceptors (Lipinski definition) is 28. The minimum Gasteiger partial charge on any atom is -0.394 e. The molecule has 5 heterocycles. The smallest absolute Gasteiger partial charge is 0.217 e. The van der Waals surface area contributed by atoms with Gasteiger partial charge in [0.15, 0.2) is 37.2 Å². The zero-order valence-corrected chi connectivity index (χ0v) is 54.5. The van der Waals surface area contributed by atoms with Crippen molar-refractivity contribution in [1.29, 1.82) is 0 Å². The van der Waals surface area contributed by atoms with Crippen molar-refractivity contribution in [3.05, 3.63) is 22.8 Å². The van der Waals surface area contributed by atoms with E-state index in [0.717, 1.165) is 30.6 Å². The number of rotatable bonds is 21.